The van der Waals surface area contributed by atoms with E-state index in [1.807, 2.05) is 42.7 Å². The second-order valence-electron chi connectivity index (χ2n) is 7.56. The highest BCUT2D eigenvalue weighted by Crippen LogP contribution is 2.32. The third-order valence-corrected chi connectivity index (χ3v) is 5.78. The zero-order valence-corrected chi connectivity index (χ0v) is 16.4. The molecule has 0 spiro atoms. The van der Waals surface area contributed by atoms with Crippen LogP contribution in [0, 0.1) is 26.6 Å². The summed E-state index contributed by atoms with van der Waals surface area (Å²) in [4.78, 5) is 28.8. The number of para-hydroxylation sites is 1. The zero-order chi connectivity index (χ0) is 20.0. The lowest BCUT2D eigenvalue weighted by molar-refractivity contribution is 0.597. The minimum Gasteiger partial charge on any atom is -0.366 e. The molecule has 3 aromatic rings. The van der Waals surface area contributed by atoms with E-state index in [0.29, 0.717) is 43.1 Å². The molecule has 1 aliphatic rings. The van der Waals surface area contributed by atoms with Gasteiger partial charge in [-0.25, -0.2) is 4.39 Å². The summed E-state index contributed by atoms with van der Waals surface area (Å²) in [5.74, 6) is -0.239. The van der Waals surface area contributed by atoms with E-state index in [-0.39, 0.29) is 5.82 Å². The maximum Gasteiger partial charge on any atom is 0.250 e. The number of rotatable bonds is 3. The second kappa shape index (κ2) is 6.89. The molecule has 0 radical (unpaired) electrons. The summed E-state index contributed by atoms with van der Waals surface area (Å²) in [6.07, 6.45) is 0. The first-order chi connectivity index (χ1) is 13.4. The van der Waals surface area contributed by atoms with Gasteiger partial charge in [0.25, 0.3) is 0 Å². The average molecular weight is 378 g/mol. The molecule has 1 aliphatic heterocycles. The standard InChI is InChI=1S/C23H23FN2O2/c1-14-12-16(3)17(13-15(14)2)20-21(23(28)22(20)27)26-10-8-25(9-11-26)19-7-5-4-6-18(19)24/h4-7,12-13H,8-11H2,1-3H3. The summed E-state index contributed by atoms with van der Waals surface area (Å²) in [5, 5.41) is 0. The fourth-order valence-electron chi connectivity index (χ4n) is 4.04. The molecule has 3 aromatic carbocycles. The first kappa shape index (κ1) is 18.4. The third kappa shape index (κ3) is 2.91. The smallest absolute Gasteiger partial charge is 0.250 e. The predicted molar refractivity (Wildman–Crippen MR) is 112 cm³/mol. The van der Waals surface area contributed by atoms with E-state index < -0.39 is 10.9 Å². The number of anilines is 2. The highest BCUT2D eigenvalue weighted by atomic mass is 19.1. The van der Waals surface area contributed by atoms with Gasteiger partial charge in [0.05, 0.1) is 11.3 Å². The third-order valence-electron chi connectivity index (χ3n) is 5.78. The molecule has 0 aliphatic carbocycles. The number of hydrogen-bond acceptors (Lipinski definition) is 4. The molecular weight excluding hydrogens is 355 g/mol. The van der Waals surface area contributed by atoms with Crippen LogP contribution in [-0.4, -0.2) is 26.2 Å². The Labute approximate surface area is 163 Å². The molecule has 0 amide bonds. The molecular formula is C23H23FN2O2. The van der Waals surface area contributed by atoms with Crippen LogP contribution in [0.5, 0.6) is 0 Å². The Morgan fingerprint density at radius 3 is 2.07 bits per heavy atom. The average Bonchev–Trinajstić information content (AvgIpc) is 2.69. The molecule has 28 heavy (non-hydrogen) atoms. The van der Waals surface area contributed by atoms with Crippen molar-refractivity contribution in [3.8, 4) is 11.1 Å². The minimum absolute atomic E-state index is 0.239. The summed E-state index contributed by atoms with van der Waals surface area (Å²) < 4.78 is 14.1. The van der Waals surface area contributed by atoms with Gasteiger partial charge in [-0.1, -0.05) is 24.3 Å². The first-order valence-electron chi connectivity index (χ1n) is 9.54. The molecule has 0 aromatic heterocycles. The van der Waals surface area contributed by atoms with Crippen molar-refractivity contribution in [1.29, 1.82) is 0 Å². The van der Waals surface area contributed by atoms with Gasteiger partial charge in [0, 0.05) is 26.2 Å². The van der Waals surface area contributed by atoms with Crippen LogP contribution in [0.15, 0.2) is 46.0 Å². The monoisotopic (exact) mass is 378 g/mol. The van der Waals surface area contributed by atoms with E-state index in [1.54, 1.807) is 12.1 Å². The number of benzene rings is 2. The summed E-state index contributed by atoms with van der Waals surface area (Å²) in [6, 6.07) is 10.8. The molecule has 0 bridgehead atoms. The van der Waals surface area contributed by atoms with Gasteiger partial charge in [0.1, 0.15) is 11.5 Å². The number of aryl methyl sites for hydroxylation is 3. The molecule has 1 heterocycles. The van der Waals surface area contributed by atoms with Crippen LogP contribution in [-0.2, 0) is 0 Å². The van der Waals surface area contributed by atoms with Crippen molar-refractivity contribution in [2.75, 3.05) is 36.0 Å². The topological polar surface area (TPSA) is 40.6 Å². The molecule has 0 N–H and O–H groups in total. The Morgan fingerprint density at radius 2 is 1.39 bits per heavy atom. The van der Waals surface area contributed by atoms with Crippen molar-refractivity contribution in [1.82, 2.24) is 0 Å². The summed E-state index contributed by atoms with van der Waals surface area (Å²) in [6.45, 7) is 8.38. The molecule has 4 nitrogen and oxygen atoms in total. The van der Waals surface area contributed by atoms with Crippen LogP contribution >= 0.6 is 0 Å². The maximum absolute atomic E-state index is 14.1. The van der Waals surface area contributed by atoms with Crippen molar-refractivity contribution >= 4 is 11.4 Å². The molecule has 5 heteroatoms. The van der Waals surface area contributed by atoms with Crippen molar-refractivity contribution in [2.45, 2.75) is 20.8 Å². The van der Waals surface area contributed by atoms with Crippen molar-refractivity contribution in [3.05, 3.63) is 79.4 Å². The van der Waals surface area contributed by atoms with Crippen molar-refractivity contribution in [3.63, 3.8) is 0 Å². The molecule has 0 atom stereocenters. The largest absolute Gasteiger partial charge is 0.366 e. The van der Waals surface area contributed by atoms with Crippen LogP contribution in [0.2, 0.25) is 0 Å². The quantitative estimate of drug-likeness (QED) is 0.656. The van der Waals surface area contributed by atoms with Crippen LogP contribution in [0.4, 0.5) is 15.8 Å². The van der Waals surface area contributed by atoms with E-state index in [1.165, 1.54) is 11.6 Å². The minimum atomic E-state index is -0.410. The van der Waals surface area contributed by atoms with E-state index in [4.69, 9.17) is 0 Å². The molecule has 4 rings (SSSR count). The number of hydrogen-bond donors (Lipinski definition) is 0. The lowest BCUT2D eigenvalue weighted by Gasteiger charge is -2.38. The fraction of sp³-hybridized carbons (Fsp3) is 0.304. The molecule has 0 saturated carbocycles. The Balaban J connectivity index is 1.62. The lowest BCUT2D eigenvalue weighted by atomic mass is 9.91. The summed E-state index contributed by atoms with van der Waals surface area (Å²) in [5.41, 5.74) is 4.93. The Hall–Kier alpha value is -2.95. The van der Waals surface area contributed by atoms with Crippen LogP contribution in [0.3, 0.4) is 0 Å². The molecule has 0 unspecified atom stereocenters. The van der Waals surface area contributed by atoms with E-state index in [2.05, 4.69) is 6.07 Å². The highest BCUT2D eigenvalue weighted by molar-refractivity contribution is 5.85. The Morgan fingerprint density at radius 1 is 0.786 bits per heavy atom. The van der Waals surface area contributed by atoms with E-state index in [9.17, 15) is 14.0 Å². The van der Waals surface area contributed by atoms with Gasteiger partial charge in [-0.15, -0.1) is 0 Å². The SMILES string of the molecule is Cc1cc(C)c(-c2c(N3CCN(c4ccccc4F)CC3)c(=O)c2=O)cc1C. The Kier molecular flexibility index (Phi) is 4.53. The van der Waals surface area contributed by atoms with Gasteiger partial charge in [0.15, 0.2) is 0 Å². The second-order valence-corrected chi connectivity index (χ2v) is 7.56. The normalized spacial score (nSPS) is 14.7. The van der Waals surface area contributed by atoms with Crippen LogP contribution in [0.1, 0.15) is 16.7 Å². The summed E-state index contributed by atoms with van der Waals surface area (Å²) >= 11 is 0. The Bertz CT molecular complexity index is 1120. The van der Waals surface area contributed by atoms with Gasteiger partial charge >= 0.3 is 0 Å². The fourth-order valence-corrected chi connectivity index (χ4v) is 4.04. The van der Waals surface area contributed by atoms with Gasteiger partial charge in [-0.3, -0.25) is 9.59 Å². The van der Waals surface area contributed by atoms with Crippen LogP contribution in [0.25, 0.3) is 11.1 Å². The van der Waals surface area contributed by atoms with Gasteiger partial charge in [-0.2, -0.15) is 0 Å². The van der Waals surface area contributed by atoms with E-state index >= 15 is 0 Å². The molecule has 1 saturated heterocycles. The highest BCUT2D eigenvalue weighted by Gasteiger charge is 2.30. The van der Waals surface area contributed by atoms with Gasteiger partial charge < -0.3 is 9.80 Å². The first-order valence-corrected chi connectivity index (χ1v) is 9.54. The van der Waals surface area contributed by atoms with Gasteiger partial charge in [-0.05, 0) is 55.2 Å². The summed E-state index contributed by atoms with van der Waals surface area (Å²) in [7, 11) is 0. The van der Waals surface area contributed by atoms with Crippen molar-refractivity contribution < 1.29 is 4.39 Å². The number of nitrogens with zero attached hydrogens (tertiary/aromatic N) is 2. The number of halogens is 1. The molecule has 1 fully saturated rings. The predicted octanol–water partition coefficient (Wildman–Crippen LogP) is 3.34. The molecule has 144 valence electrons. The maximum atomic E-state index is 14.1. The number of piperazine rings is 1. The van der Waals surface area contributed by atoms with Gasteiger partial charge in [0.2, 0.25) is 10.9 Å². The van der Waals surface area contributed by atoms with Crippen LogP contribution < -0.4 is 20.7 Å². The zero-order valence-electron chi connectivity index (χ0n) is 16.4. The lowest BCUT2D eigenvalue weighted by Crippen LogP contribution is -2.51. The van der Waals surface area contributed by atoms with Crippen molar-refractivity contribution in [2.24, 2.45) is 0 Å². The van der Waals surface area contributed by atoms with E-state index in [0.717, 1.165) is 16.7 Å².